The van der Waals surface area contributed by atoms with E-state index in [9.17, 15) is 9.59 Å². The highest BCUT2D eigenvalue weighted by molar-refractivity contribution is 6.04. The van der Waals surface area contributed by atoms with Crippen molar-refractivity contribution in [3.8, 4) is 0 Å². The standard InChI is InChI=1S/C24H29N3O2/c25-21-8-4-5-9-22(21)27(24(29)19-12-13-19)16-17-10-14-20(15-11-17)26-23(28)18-6-2-1-3-7-18/h1-3,6-7,10-11,14-15,19,21-22H,4-5,8-9,12-13,16,25H2,(H,26,28). The monoisotopic (exact) mass is 391 g/mol. The van der Waals surface area contributed by atoms with Crippen LogP contribution < -0.4 is 11.1 Å². The molecule has 0 aliphatic heterocycles. The molecule has 4 rings (SSSR count). The Balaban J connectivity index is 1.44. The molecule has 5 nitrogen and oxygen atoms in total. The second-order valence-corrected chi connectivity index (χ2v) is 8.27. The third-order valence-corrected chi connectivity index (χ3v) is 5.99. The number of rotatable bonds is 6. The number of nitrogens with one attached hydrogen (secondary N) is 1. The SMILES string of the molecule is NC1CCCCC1N(Cc1ccc(NC(=O)c2ccccc2)cc1)C(=O)C1CC1. The van der Waals surface area contributed by atoms with Gasteiger partial charge in [0, 0.05) is 35.8 Å². The smallest absolute Gasteiger partial charge is 0.255 e. The van der Waals surface area contributed by atoms with Crippen LogP contribution in [0.1, 0.15) is 54.4 Å². The normalized spacial score (nSPS) is 21.4. The van der Waals surface area contributed by atoms with Gasteiger partial charge in [-0.3, -0.25) is 9.59 Å². The molecule has 2 aromatic carbocycles. The molecule has 0 radical (unpaired) electrons. The van der Waals surface area contributed by atoms with E-state index in [2.05, 4.69) is 5.32 Å². The second kappa shape index (κ2) is 8.78. The number of nitrogens with two attached hydrogens (primary N) is 1. The summed E-state index contributed by atoms with van der Waals surface area (Å²) < 4.78 is 0. The number of hydrogen-bond donors (Lipinski definition) is 2. The molecule has 2 aromatic rings. The van der Waals surface area contributed by atoms with Gasteiger partial charge < -0.3 is 16.0 Å². The second-order valence-electron chi connectivity index (χ2n) is 8.27. The van der Waals surface area contributed by atoms with Gasteiger partial charge in [0.05, 0.1) is 0 Å². The van der Waals surface area contributed by atoms with Gasteiger partial charge in [0.2, 0.25) is 5.91 Å². The molecule has 2 amide bonds. The number of carbonyl (C=O) groups is 2. The molecule has 0 bridgehead atoms. The topological polar surface area (TPSA) is 75.4 Å². The molecule has 0 aromatic heterocycles. The van der Waals surface area contributed by atoms with E-state index in [1.165, 1.54) is 0 Å². The van der Waals surface area contributed by atoms with Crippen molar-refractivity contribution in [3.05, 3.63) is 65.7 Å². The molecule has 5 heteroatoms. The summed E-state index contributed by atoms with van der Waals surface area (Å²) in [5, 5.41) is 2.92. The van der Waals surface area contributed by atoms with Gasteiger partial charge in [0.15, 0.2) is 0 Å². The minimum Gasteiger partial charge on any atom is -0.334 e. The van der Waals surface area contributed by atoms with Crippen LogP contribution >= 0.6 is 0 Å². The number of anilines is 1. The predicted molar refractivity (Wildman–Crippen MR) is 114 cm³/mol. The van der Waals surface area contributed by atoms with E-state index in [1.807, 2.05) is 47.4 Å². The van der Waals surface area contributed by atoms with Crippen molar-refractivity contribution in [2.45, 2.75) is 57.2 Å². The Morgan fingerprint density at radius 2 is 1.62 bits per heavy atom. The molecule has 2 aliphatic rings. The van der Waals surface area contributed by atoms with Gasteiger partial charge in [-0.25, -0.2) is 0 Å². The zero-order valence-corrected chi connectivity index (χ0v) is 16.7. The minimum absolute atomic E-state index is 0.0656. The molecule has 0 saturated heterocycles. The van der Waals surface area contributed by atoms with Crippen LogP contribution in [0.25, 0.3) is 0 Å². The molecule has 0 heterocycles. The molecule has 2 atom stereocenters. The molecule has 2 fully saturated rings. The Bertz CT molecular complexity index is 846. The van der Waals surface area contributed by atoms with Crippen molar-refractivity contribution < 1.29 is 9.59 Å². The molecule has 2 aliphatic carbocycles. The largest absolute Gasteiger partial charge is 0.334 e. The summed E-state index contributed by atoms with van der Waals surface area (Å²) in [6.07, 6.45) is 6.27. The fourth-order valence-corrected chi connectivity index (χ4v) is 4.13. The highest BCUT2D eigenvalue weighted by Gasteiger charge is 2.38. The highest BCUT2D eigenvalue weighted by atomic mass is 16.2. The molecule has 29 heavy (non-hydrogen) atoms. The zero-order valence-electron chi connectivity index (χ0n) is 16.7. The molecule has 2 unspecified atom stereocenters. The first-order valence-corrected chi connectivity index (χ1v) is 10.6. The average molecular weight is 392 g/mol. The third kappa shape index (κ3) is 4.85. The molecule has 0 spiro atoms. The van der Waals surface area contributed by atoms with E-state index >= 15 is 0 Å². The van der Waals surface area contributed by atoms with Crippen LogP contribution in [-0.4, -0.2) is 28.8 Å². The van der Waals surface area contributed by atoms with Crippen LogP contribution in [0.15, 0.2) is 54.6 Å². The van der Waals surface area contributed by atoms with Crippen molar-refractivity contribution in [2.75, 3.05) is 5.32 Å². The Hall–Kier alpha value is -2.66. The van der Waals surface area contributed by atoms with Gasteiger partial charge in [0.25, 0.3) is 5.91 Å². The van der Waals surface area contributed by atoms with Crippen LogP contribution in [0.2, 0.25) is 0 Å². The van der Waals surface area contributed by atoms with Crippen LogP contribution in [0.5, 0.6) is 0 Å². The number of amides is 2. The van der Waals surface area contributed by atoms with Crippen molar-refractivity contribution in [3.63, 3.8) is 0 Å². The maximum Gasteiger partial charge on any atom is 0.255 e. The lowest BCUT2D eigenvalue weighted by molar-refractivity contribution is -0.136. The van der Waals surface area contributed by atoms with Crippen molar-refractivity contribution in [1.82, 2.24) is 4.90 Å². The predicted octanol–water partition coefficient (Wildman–Crippen LogP) is 3.95. The maximum atomic E-state index is 12.9. The van der Waals surface area contributed by atoms with E-state index < -0.39 is 0 Å². The maximum absolute atomic E-state index is 12.9. The van der Waals surface area contributed by atoms with E-state index in [0.29, 0.717) is 12.1 Å². The fourth-order valence-electron chi connectivity index (χ4n) is 4.13. The van der Waals surface area contributed by atoms with E-state index in [0.717, 1.165) is 49.8 Å². The summed E-state index contributed by atoms with van der Waals surface area (Å²) in [6, 6.07) is 17.1. The van der Waals surface area contributed by atoms with Gasteiger partial charge in [0.1, 0.15) is 0 Å². The first-order valence-electron chi connectivity index (χ1n) is 10.6. The Kier molecular flexibility index (Phi) is 5.95. The lowest BCUT2D eigenvalue weighted by Gasteiger charge is -2.38. The van der Waals surface area contributed by atoms with Gasteiger partial charge in [-0.2, -0.15) is 0 Å². The first-order chi connectivity index (χ1) is 14.1. The zero-order chi connectivity index (χ0) is 20.2. The third-order valence-electron chi connectivity index (χ3n) is 5.99. The van der Waals surface area contributed by atoms with Crippen LogP contribution in [0, 0.1) is 5.92 Å². The highest BCUT2D eigenvalue weighted by Crippen LogP contribution is 2.34. The summed E-state index contributed by atoms with van der Waals surface area (Å²) >= 11 is 0. The Morgan fingerprint density at radius 1 is 0.931 bits per heavy atom. The van der Waals surface area contributed by atoms with Crippen molar-refractivity contribution in [1.29, 1.82) is 0 Å². The fraction of sp³-hybridized carbons (Fsp3) is 0.417. The van der Waals surface area contributed by atoms with E-state index in [-0.39, 0.29) is 29.8 Å². The molecule has 3 N–H and O–H groups in total. The van der Waals surface area contributed by atoms with Crippen molar-refractivity contribution in [2.24, 2.45) is 11.7 Å². The molecular weight excluding hydrogens is 362 g/mol. The van der Waals surface area contributed by atoms with Gasteiger partial charge in [-0.15, -0.1) is 0 Å². The van der Waals surface area contributed by atoms with Crippen molar-refractivity contribution >= 4 is 17.5 Å². The summed E-state index contributed by atoms with van der Waals surface area (Å²) in [6.45, 7) is 0.584. The lowest BCUT2D eigenvalue weighted by atomic mass is 9.89. The van der Waals surface area contributed by atoms with Crippen LogP contribution in [-0.2, 0) is 11.3 Å². The Labute approximate surface area is 172 Å². The number of benzene rings is 2. The summed E-state index contributed by atoms with van der Waals surface area (Å²) in [7, 11) is 0. The van der Waals surface area contributed by atoms with Gasteiger partial charge >= 0.3 is 0 Å². The first kappa shape index (κ1) is 19.6. The summed E-state index contributed by atoms with van der Waals surface area (Å²) in [5.41, 5.74) is 8.83. The van der Waals surface area contributed by atoms with Crippen LogP contribution in [0.4, 0.5) is 5.69 Å². The number of carbonyl (C=O) groups excluding carboxylic acids is 2. The van der Waals surface area contributed by atoms with Gasteiger partial charge in [-0.05, 0) is 55.5 Å². The quantitative estimate of drug-likeness (QED) is 0.783. The minimum atomic E-state index is -0.128. The summed E-state index contributed by atoms with van der Waals surface area (Å²) in [5.74, 6) is 0.319. The van der Waals surface area contributed by atoms with E-state index in [4.69, 9.17) is 5.73 Å². The molecule has 2 saturated carbocycles. The summed E-state index contributed by atoms with van der Waals surface area (Å²) in [4.78, 5) is 27.3. The van der Waals surface area contributed by atoms with Gasteiger partial charge in [-0.1, -0.05) is 43.2 Å². The number of nitrogens with zero attached hydrogens (tertiary/aromatic N) is 1. The molecular formula is C24H29N3O2. The number of hydrogen-bond acceptors (Lipinski definition) is 3. The van der Waals surface area contributed by atoms with Crippen LogP contribution in [0.3, 0.4) is 0 Å². The lowest BCUT2D eigenvalue weighted by Crippen LogP contribution is -2.52. The average Bonchev–Trinajstić information content (AvgIpc) is 3.59. The molecule has 152 valence electrons. The Morgan fingerprint density at radius 3 is 2.28 bits per heavy atom. The van der Waals surface area contributed by atoms with E-state index in [1.54, 1.807) is 12.1 Å².